The molecule has 5 nitrogen and oxygen atoms in total. The maximum Gasteiger partial charge on any atom is 0.0735 e. The lowest BCUT2D eigenvalue weighted by Gasteiger charge is -2.48. The fraction of sp³-hybridized carbons (Fsp3) is 0.824. The topological polar surface area (TPSA) is 50.5 Å². The quantitative estimate of drug-likeness (QED) is 0.904. The number of hydrogen-bond acceptors (Lipinski definition) is 4. The van der Waals surface area contributed by atoms with E-state index in [4.69, 9.17) is 4.74 Å². The number of aryl methyl sites for hydroxylation is 1. The van der Waals surface area contributed by atoms with Crippen LogP contribution >= 0.6 is 0 Å². The van der Waals surface area contributed by atoms with Crippen LogP contribution < -0.4 is 0 Å². The number of nitrogens with zero attached hydrogens (tertiary/aromatic N) is 3. The number of rotatable bonds is 5. The lowest BCUT2D eigenvalue weighted by Crippen LogP contribution is -2.52. The molecule has 0 aromatic carbocycles. The summed E-state index contributed by atoms with van der Waals surface area (Å²) in [6.07, 6.45) is 9.82. The second-order valence-corrected chi connectivity index (χ2v) is 6.89. The Morgan fingerprint density at radius 2 is 2.14 bits per heavy atom. The van der Waals surface area contributed by atoms with E-state index < -0.39 is 0 Å². The van der Waals surface area contributed by atoms with E-state index in [0.717, 1.165) is 64.7 Å². The molecular formula is C17H29N3O2. The van der Waals surface area contributed by atoms with E-state index in [1.807, 2.05) is 23.1 Å². The van der Waals surface area contributed by atoms with Gasteiger partial charge in [0.1, 0.15) is 0 Å². The van der Waals surface area contributed by atoms with E-state index in [0.29, 0.717) is 0 Å². The molecule has 1 N–H and O–H groups in total. The van der Waals surface area contributed by atoms with E-state index >= 15 is 0 Å². The predicted molar refractivity (Wildman–Crippen MR) is 85.7 cm³/mol. The van der Waals surface area contributed by atoms with Gasteiger partial charge in [-0.15, -0.1) is 0 Å². The van der Waals surface area contributed by atoms with Gasteiger partial charge in [-0.1, -0.05) is 6.92 Å². The Morgan fingerprint density at radius 1 is 1.32 bits per heavy atom. The van der Waals surface area contributed by atoms with Crippen molar-refractivity contribution in [3.63, 3.8) is 0 Å². The molecule has 0 radical (unpaired) electrons. The summed E-state index contributed by atoms with van der Waals surface area (Å²) in [5, 5.41) is 14.4. The van der Waals surface area contributed by atoms with E-state index in [9.17, 15) is 5.11 Å². The largest absolute Gasteiger partial charge is 0.393 e. The van der Waals surface area contributed by atoms with Gasteiger partial charge >= 0.3 is 0 Å². The van der Waals surface area contributed by atoms with Crippen LogP contribution in [0.4, 0.5) is 0 Å². The summed E-state index contributed by atoms with van der Waals surface area (Å²) < 4.78 is 8.34. The molecule has 22 heavy (non-hydrogen) atoms. The molecule has 0 aliphatic carbocycles. The van der Waals surface area contributed by atoms with Gasteiger partial charge in [0, 0.05) is 38.4 Å². The lowest BCUT2D eigenvalue weighted by molar-refractivity contribution is -0.182. The van der Waals surface area contributed by atoms with Crippen LogP contribution in [-0.4, -0.2) is 57.2 Å². The summed E-state index contributed by atoms with van der Waals surface area (Å²) in [6.45, 7) is 6.43. The average molecular weight is 307 g/mol. The molecule has 2 aliphatic heterocycles. The van der Waals surface area contributed by atoms with Gasteiger partial charge in [0.05, 0.1) is 17.8 Å². The predicted octanol–water partition coefficient (Wildman–Crippen LogP) is 2.06. The summed E-state index contributed by atoms with van der Waals surface area (Å²) in [4.78, 5) is 2.53. The molecule has 5 heteroatoms. The highest BCUT2D eigenvalue weighted by Crippen LogP contribution is 2.38. The van der Waals surface area contributed by atoms with Crippen molar-refractivity contribution in [1.82, 2.24) is 14.7 Å². The third-order valence-corrected chi connectivity index (χ3v) is 5.20. The van der Waals surface area contributed by atoms with Gasteiger partial charge in [0.2, 0.25) is 0 Å². The summed E-state index contributed by atoms with van der Waals surface area (Å²) in [7, 11) is 0. The Morgan fingerprint density at radius 3 is 2.82 bits per heavy atom. The number of aliphatic hydroxyl groups is 1. The first-order valence-electron chi connectivity index (χ1n) is 8.75. The van der Waals surface area contributed by atoms with Crippen molar-refractivity contribution in [2.24, 2.45) is 0 Å². The fourth-order valence-corrected chi connectivity index (χ4v) is 3.91. The zero-order valence-corrected chi connectivity index (χ0v) is 13.7. The third-order valence-electron chi connectivity index (χ3n) is 5.20. The maximum atomic E-state index is 10.1. The zero-order valence-electron chi connectivity index (χ0n) is 13.7. The standard InChI is InChI=1S/C17H29N3O2/c1-2-16-13-15(21)14-17(22-16)5-11-19(12-6-17)8-4-10-20-9-3-7-18-20/h3,7,9,15-16,21H,2,4-6,8,10-14H2,1H3/t15-,16+/m1/s1. The van der Waals surface area contributed by atoms with Crippen molar-refractivity contribution < 1.29 is 9.84 Å². The molecule has 2 aliphatic rings. The second kappa shape index (κ2) is 7.11. The van der Waals surface area contributed by atoms with Crippen molar-refractivity contribution in [2.45, 2.75) is 69.8 Å². The highest BCUT2D eigenvalue weighted by atomic mass is 16.5. The Hall–Kier alpha value is -0.910. The first-order chi connectivity index (χ1) is 10.7. The van der Waals surface area contributed by atoms with Gasteiger partial charge in [-0.3, -0.25) is 4.68 Å². The van der Waals surface area contributed by atoms with Gasteiger partial charge in [-0.05, 0) is 44.7 Å². The molecule has 2 saturated heterocycles. The monoisotopic (exact) mass is 307 g/mol. The molecule has 2 fully saturated rings. The third kappa shape index (κ3) is 3.89. The minimum atomic E-state index is -0.176. The van der Waals surface area contributed by atoms with Crippen molar-refractivity contribution in [2.75, 3.05) is 19.6 Å². The Labute approximate surface area is 133 Å². The van der Waals surface area contributed by atoms with Crippen LogP contribution in [0.5, 0.6) is 0 Å². The zero-order chi connectivity index (χ0) is 15.4. The number of ether oxygens (including phenoxy) is 1. The molecule has 0 unspecified atom stereocenters. The van der Waals surface area contributed by atoms with Crippen LogP contribution in [0, 0.1) is 0 Å². The fourth-order valence-electron chi connectivity index (χ4n) is 3.91. The lowest BCUT2D eigenvalue weighted by atomic mass is 9.81. The molecule has 0 bridgehead atoms. The Kier molecular flexibility index (Phi) is 5.16. The average Bonchev–Trinajstić information content (AvgIpc) is 3.02. The molecule has 1 aromatic heterocycles. The molecule has 1 spiro atoms. The number of hydrogen-bond donors (Lipinski definition) is 1. The van der Waals surface area contributed by atoms with Crippen molar-refractivity contribution in [1.29, 1.82) is 0 Å². The summed E-state index contributed by atoms with van der Waals surface area (Å²) in [5.41, 5.74) is -0.0587. The molecule has 2 atom stereocenters. The minimum absolute atomic E-state index is 0.0587. The molecular weight excluding hydrogens is 278 g/mol. The number of likely N-dealkylation sites (tertiary alicyclic amines) is 1. The van der Waals surface area contributed by atoms with Crippen LogP contribution in [-0.2, 0) is 11.3 Å². The van der Waals surface area contributed by atoms with Gasteiger partial charge in [0.15, 0.2) is 0 Å². The van der Waals surface area contributed by atoms with Gasteiger partial charge in [-0.25, -0.2) is 0 Å². The van der Waals surface area contributed by atoms with E-state index in [1.165, 1.54) is 0 Å². The number of aliphatic hydroxyl groups excluding tert-OH is 1. The van der Waals surface area contributed by atoms with Crippen LogP contribution in [0.15, 0.2) is 18.5 Å². The Bertz CT molecular complexity index is 441. The number of piperidine rings is 1. The van der Waals surface area contributed by atoms with Crippen molar-refractivity contribution >= 4 is 0 Å². The summed E-state index contributed by atoms with van der Waals surface area (Å²) in [5.74, 6) is 0. The van der Waals surface area contributed by atoms with Gasteiger partial charge < -0.3 is 14.7 Å². The molecule has 0 saturated carbocycles. The smallest absolute Gasteiger partial charge is 0.0735 e. The van der Waals surface area contributed by atoms with Crippen LogP contribution in [0.25, 0.3) is 0 Å². The van der Waals surface area contributed by atoms with Crippen molar-refractivity contribution in [3.8, 4) is 0 Å². The van der Waals surface area contributed by atoms with Crippen LogP contribution in [0.1, 0.15) is 45.4 Å². The molecule has 0 amide bonds. The highest BCUT2D eigenvalue weighted by Gasteiger charge is 2.42. The normalized spacial score (nSPS) is 29.0. The molecule has 1 aromatic rings. The van der Waals surface area contributed by atoms with Crippen molar-refractivity contribution in [3.05, 3.63) is 18.5 Å². The van der Waals surface area contributed by atoms with E-state index in [1.54, 1.807) is 0 Å². The van der Waals surface area contributed by atoms with Crippen LogP contribution in [0.2, 0.25) is 0 Å². The van der Waals surface area contributed by atoms with Crippen LogP contribution in [0.3, 0.4) is 0 Å². The molecule has 3 heterocycles. The first kappa shape index (κ1) is 16.0. The molecule has 124 valence electrons. The summed E-state index contributed by atoms with van der Waals surface area (Å²) in [6, 6.07) is 1.97. The number of aromatic nitrogens is 2. The van der Waals surface area contributed by atoms with E-state index in [2.05, 4.69) is 16.9 Å². The second-order valence-electron chi connectivity index (χ2n) is 6.89. The first-order valence-corrected chi connectivity index (χ1v) is 8.75. The van der Waals surface area contributed by atoms with E-state index in [-0.39, 0.29) is 17.8 Å². The molecule has 3 rings (SSSR count). The Balaban J connectivity index is 1.43. The minimum Gasteiger partial charge on any atom is -0.393 e. The van der Waals surface area contributed by atoms with Gasteiger partial charge in [0.25, 0.3) is 0 Å². The SMILES string of the molecule is CC[C@H]1C[C@@H](O)CC2(CCN(CCCn3cccn3)CC2)O1. The summed E-state index contributed by atoms with van der Waals surface area (Å²) >= 11 is 0. The highest BCUT2D eigenvalue weighted by molar-refractivity contribution is 4.94. The maximum absolute atomic E-state index is 10.1. The van der Waals surface area contributed by atoms with Gasteiger partial charge in [-0.2, -0.15) is 5.10 Å².